The summed E-state index contributed by atoms with van der Waals surface area (Å²) < 4.78 is 5.75. The van der Waals surface area contributed by atoms with Crippen LogP contribution in [0.5, 0.6) is 11.6 Å². The summed E-state index contributed by atoms with van der Waals surface area (Å²) in [5.41, 5.74) is 0.848. The summed E-state index contributed by atoms with van der Waals surface area (Å²) in [5, 5.41) is 1.28. The molecule has 0 atom stereocenters. The third-order valence-electron chi connectivity index (χ3n) is 3.62. The summed E-state index contributed by atoms with van der Waals surface area (Å²) in [4.78, 5) is 18.5. The van der Waals surface area contributed by atoms with Crippen molar-refractivity contribution in [1.82, 2.24) is 4.98 Å². The fourth-order valence-electron chi connectivity index (χ4n) is 2.31. The van der Waals surface area contributed by atoms with Crippen molar-refractivity contribution in [3.8, 4) is 11.6 Å². The van der Waals surface area contributed by atoms with Gasteiger partial charge < -0.3 is 9.64 Å². The number of pyridine rings is 1. The molecule has 0 radical (unpaired) electrons. The van der Waals surface area contributed by atoms with E-state index in [1.165, 1.54) is 11.1 Å². The number of carbonyl (C=O) groups is 1. The van der Waals surface area contributed by atoms with E-state index in [9.17, 15) is 4.79 Å². The van der Waals surface area contributed by atoms with Crippen LogP contribution in [0.1, 0.15) is 10.4 Å². The van der Waals surface area contributed by atoms with Crippen molar-refractivity contribution in [2.24, 2.45) is 0 Å². The highest BCUT2D eigenvalue weighted by molar-refractivity contribution is 6.34. The first-order valence-electron chi connectivity index (χ1n) is 7.58. The fraction of sp³-hybridized carbons (Fsp3) is 0.0526. The molecule has 0 unspecified atom stereocenters. The molecule has 0 aliphatic carbocycles. The second-order valence-corrected chi connectivity index (χ2v) is 6.60. The van der Waals surface area contributed by atoms with Crippen LogP contribution in [-0.2, 0) is 0 Å². The normalized spacial score (nSPS) is 10.5. The van der Waals surface area contributed by atoms with Gasteiger partial charge in [0.2, 0.25) is 5.88 Å². The van der Waals surface area contributed by atoms with Gasteiger partial charge in [0, 0.05) is 24.3 Å². The smallest absolute Gasteiger partial charge is 0.263 e. The molecule has 0 fully saturated rings. The van der Waals surface area contributed by atoms with Gasteiger partial charge in [0.15, 0.2) is 0 Å². The number of ether oxygens (including phenoxy) is 1. The highest BCUT2D eigenvalue weighted by Crippen LogP contribution is 2.33. The minimum absolute atomic E-state index is 0.126. The summed E-state index contributed by atoms with van der Waals surface area (Å²) >= 11 is 18.3. The molecular formula is C19H13Cl3N2O2. The van der Waals surface area contributed by atoms with Gasteiger partial charge in [-0.15, -0.1) is 0 Å². The van der Waals surface area contributed by atoms with Crippen LogP contribution in [0.25, 0.3) is 0 Å². The van der Waals surface area contributed by atoms with Gasteiger partial charge in [0.1, 0.15) is 11.3 Å². The first-order chi connectivity index (χ1) is 12.5. The first-order valence-corrected chi connectivity index (χ1v) is 8.71. The predicted molar refractivity (Wildman–Crippen MR) is 105 cm³/mol. The summed E-state index contributed by atoms with van der Waals surface area (Å²) in [5.74, 6) is 0.118. The van der Waals surface area contributed by atoms with Crippen LogP contribution in [-0.4, -0.2) is 17.9 Å². The molecule has 26 heavy (non-hydrogen) atoms. The molecule has 132 valence electrons. The maximum atomic E-state index is 12.9. The van der Waals surface area contributed by atoms with Crippen LogP contribution in [0, 0.1) is 0 Å². The van der Waals surface area contributed by atoms with Gasteiger partial charge in [-0.25, -0.2) is 4.98 Å². The molecule has 2 aromatic carbocycles. The van der Waals surface area contributed by atoms with Crippen LogP contribution in [0.15, 0.2) is 60.8 Å². The Morgan fingerprint density at radius 2 is 1.77 bits per heavy atom. The minimum Gasteiger partial charge on any atom is -0.437 e. The number of para-hydroxylation sites is 1. The lowest BCUT2D eigenvalue weighted by Crippen LogP contribution is -2.27. The van der Waals surface area contributed by atoms with Crippen molar-refractivity contribution < 1.29 is 9.53 Å². The van der Waals surface area contributed by atoms with E-state index in [-0.39, 0.29) is 17.4 Å². The third kappa shape index (κ3) is 3.93. The van der Waals surface area contributed by atoms with Gasteiger partial charge in [0.25, 0.3) is 5.91 Å². The van der Waals surface area contributed by atoms with Crippen LogP contribution in [0.4, 0.5) is 5.69 Å². The Balaban J connectivity index is 1.95. The van der Waals surface area contributed by atoms with E-state index in [0.29, 0.717) is 26.5 Å². The van der Waals surface area contributed by atoms with Crippen molar-refractivity contribution in [3.05, 3.63) is 81.4 Å². The van der Waals surface area contributed by atoms with Crippen molar-refractivity contribution in [2.75, 3.05) is 11.9 Å². The number of anilines is 1. The van der Waals surface area contributed by atoms with Crippen LogP contribution < -0.4 is 9.64 Å². The zero-order valence-corrected chi connectivity index (χ0v) is 15.9. The minimum atomic E-state index is -0.320. The average molecular weight is 408 g/mol. The summed E-state index contributed by atoms with van der Waals surface area (Å²) in [6, 6.07) is 15.2. The molecule has 0 aliphatic heterocycles. The number of hydrogen-bond acceptors (Lipinski definition) is 3. The number of benzene rings is 2. The summed E-state index contributed by atoms with van der Waals surface area (Å²) in [6.45, 7) is 0. The molecule has 1 heterocycles. The first kappa shape index (κ1) is 18.5. The number of carbonyl (C=O) groups excluding carboxylic acids is 1. The maximum Gasteiger partial charge on any atom is 0.263 e. The molecular weight excluding hydrogens is 395 g/mol. The predicted octanol–water partition coefficient (Wildman–Crippen LogP) is 6.11. The largest absolute Gasteiger partial charge is 0.437 e. The van der Waals surface area contributed by atoms with E-state index < -0.39 is 0 Å². The van der Waals surface area contributed by atoms with Crippen LogP contribution in [0.2, 0.25) is 15.1 Å². The molecule has 3 rings (SSSR count). The van der Waals surface area contributed by atoms with Gasteiger partial charge in [-0.3, -0.25) is 4.79 Å². The Hall–Kier alpha value is -2.27. The third-order valence-corrected chi connectivity index (χ3v) is 4.49. The van der Waals surface area contributed by atoms with Crippen LogP contribution in [0.3, 0.4) is 0 Å². The van der Waals surface area contributed by atoms with Crippen molar-refractivity contribution in [3.63, 3.8) is 0 Å². The Morgan fingerprint density at radius 3 is 2.54 bits per heavy atom. The lowest BCUT2D eigenvalue weighted by molar-refractivity contribution is 0.0990. The number of aromatic nitrogens is 1. The Bertz CT molecular complexity index is 963. The molecule has 1 aromatic heterocycles. The van der Waals surface area contributed by atoms with Gasteiger partial charge in [-0.1, -0.05) is 46.9 Å². The molecule has 0 aliphatic rings. The number of halogens is 3. The maximum absolute atomic E-state index is 12.9. The quantitative estimate of drug-likeness (QED) is 0.524. The lowest BCUT2D eigenvalue weighted by atomic mass is 10.2. The zero-order valence-electron chi connectivity index (χ0n) is 13.6. The van der Waals surface area contributed by atoms with Crippen LogP contribution >= 0.6 is 34.8 Å². The van der Waals surface area contributed by atoms with E-state index in [1.807, 2.05) is 0 Å². The molecule has 3 aromatic rings. The van der Waals surface area contributed by atoms with Crippen molar-refractivity contribution in [1.29, 1.82) is 0 Å². The van der Waals surface area contributed by atoms with Gasteiger partial charge >= 0.3 is 0 Å². The fourth-order valence-corrected chi connectivity index (χ4v) is 2.89. The standard InChI is InChI=1S/C19H13Cl3N2O2/c1-24(16-7-3-2-6-14(16)21)19(25)13-5-4-10-23-18(13)26-17-11-12(20)8-9-15(17)22/h2-11H,1H3. The van der Waals surface area contributed by atoms with Gasteiger partial charge in [0.05, 0.1) is 15.7 Å². The molecule has 0 saturated carbocycles. The zero-order chi connectivity index (χ0) is 18.7. The van der Waals surface area contributed by atoms with Crippen molar-refractivity contribution >= 4 is 46.4 Å². The second kappa shape index (κ2) is 7.96. The highest BCUT2D eigenvalue weighted by atomic mass is 35.5. The van der Waals surface area contributed by atoms with E-state index in [4.69, 9.17) is 39.5 Å². The van der Waals surface area contributed by atoms with Gasteiger partial charge in [-0.2, -0.15) is 0 Å². The topological polar surface area (TPSA) is 42.4 Å². The lowest BCUT2D eigenvalue weighted by Gasteiger charge is -2.20. The Kier molecular flexibility index (Phi) is 5.67. The second-order valence-electron chi connectivity index (χ2n) is 5.35. The van der Waals surface area contributed by atoms with E-state index >= 15 is 0 Å². The van der Waals surface area contributed by atoms with E-state index in [1.54, 1.807) is 61.6 Å². The number of hydrogen-bond donors (Lipinski definition) is 0. The Labute approximate surface area is 165 Å². The monoisotopic (exact) mass is 406 g/mol. The average Bonchev–Trinajstić information content (AvgIpc) is 2.64. The van der Waals surface area contributed by atoms with Gasteiger partial charge in [-0.05, 0) is 36.4 Å². The molecule has 0 spiro atoms. The Morgan fingerprint density at radius 1 is 1.00 bits per heavy atom. The van der Waals surface area contributed by atoms with E-state index in [2.05, 4.69) is 4.98 Å². The van der Waals surface area contributed by atoms with E-state index in [0.717, 1.165) is 0 Å². The highest BCUT2D eigenvalue weighted by Gasteiger charge is 2.21. The number of nitrogens with zero attached hydrogens (tertiary/aromatic N) is 2. The number of rotatable bonds is 4. The molecule has 0 N–H and O–H groups in total. The molecule has 0 bridgehead atoms. The summed E-state index contributed by atoms with van der Waals surface area (Å²) in [7, 11) is 1.63. The summed E-state index contributed by atoms with van der Waals surface area (Å²) in [6.07, 6.45) is 1.53. The molecule has 4 nitrogen and oxygen atoms in total. The molecule has 1 amide bonds. The molecule has 0 saturated heterocycles. The number of amides is 1. The molecule has 7 heteroatoms. The van der Waals surface area contributed by atoms with Crippen molar-refractivity contribution in [2.45, 2.75) is 0 Å². The SMILES string of the molecule is CN(C(=O)c1cccnc1Oc1cc(Cl)ccc1Cl)c1ccccc1Cl.